The number of aryl methyl sites for hydroxylation is 1. The molecule has 1 aliphatic carbocycles. The van der Waals surface area contributed by atoms with Gasteiger partial charge >= 0.3 is 0 Å². The third kappa shape index (κ3) is 7.93. The van der Waals surface area contributed by atoms with Crippen LogP contribution >= 0.6 is 15.9 Å². The Balaban J connectivity index is 1.58. The third-order valence-corrected chi connectivity index (χ3v) is 7.46. The number of amides is 2. The van der Waals surface area contributed by atoms with Crippen LogP contribution in [0.25, 0.3) is 0 Å². The lowest BCUT2D eigenvalue weighted by Gasteiger charge is -2.32. The summed E-state index contributed by atoms with van der Waals surface area (Å²) in [7, 11) is 0. The van der Waals surface area contributed by atoms with Crippen molar-refractivity contribution >= 4 is 27.7 Å². The smallest absolute Gasteiger partial charge is 0.261 e. The minimum absolute atomic E-state index is 0.103. The van der Waals surface area contributed by atoms with E-state index in [1.165, 1.54) is 5.56 Å². The van der Waals surface area contributed by atoms with Gasteiger partial charge in [0, 0.05) is 23.5 Å². The highest BCUT2D eigenvalue weighted by Gasteiger charge is 2.32. The van der Waals surface area contributed by atoms with E-state index in [9.17, 15) is 9.59 Å². The fourth-order valence-corrected chi connectivity index (χ4v) is 5.02. The lowest BCUT2D eigenvalue weighted by Crippen LogP contribution is -2.53. The van der Waals surface area contributed by atoms with Crippen LogP contribution in [0.4, 0.5) is 0 Å². The maximum atomic E-state index is 13.7. The lowest BCUT2D eigenvalue weighted by atomic mass is 10.0. The van der Waals surface area contributed by atoms with Crippen molar-refractivity contribution < 1.29 is 14.3 Å². The van der Waals surface area contributed by atoms with Crippen LogP contribution in [0.2, 0.25) is 0 Å². The second-order valence-corrected chi connectivity index (χ2v) is 10.5. The predicted molar refractivity (Wildman–Crippen MR) is 150 cm³/mol. The molecule has 0 radical (unpaired) electrons. The van der Waals surface area contributed by atoms with Gasteiger partial charge in [-0.2, -0.15) is 0 Å². The van der Waals surface area contributed by atoms with Crippen molar-refractivity contribution in [1.82, 2.24) is 10.2 Å². The quantitative estimate of drug-likeness (QED) is 0.307. The molecule has 4 rings (SSSR count). The van der Waals surface area contributed by atoms with Gasteiger partial charge in [-0.1, -0.05) is 90.3 Å². The van der Waals surface area contributed by atoms with E-state index in [0.717, 1.165) is 47.7 Å². The standard InChI is InChI=1S/C31H35BrN2O3/c1-2-23-14-18-28(19-15-23)37-22-30(35)34(21-25-12-16-26(32)17-13-25)29(20-24-8-4-3-5-9-24)31(36)33-27-10-6-7-11-27/h3-5,8-9,12-19,27,29H,2,6-7,10-11,20-22H2,1H3,(H,33,36)/t29-/m0/s1. The third-order valence-electron chi connectivity index (χ3n) is 6.93. The summed E-state index contributed by atoms with van der Waals surface area (Å²) in [5.74, 6) is 0.322. The fraction of sp³-hybridized carbons (Fsp3) is 0.355. The number of carbonyl (C=O) groups is 2. The van der Waals surface area contributed by atoms with Gasteiger partial charge in [0.1, 0.15) is 11.8 Å². The molecule has 0 unspecified atom stereocenters. The zero-order valence-electron chi connectivity index (χ0n) is 21.4. The molecule has 0 spiro atoms. The average Bonchev–Trinajstić information content (AvgIpc) is 3.44. The maximum absolute atomic E-state index is 13.7. The van der Waals surface area contributed by atoms with Crippen LogP contribution in [-0.2, 0) is 29.0 Å². The van der Waals surface area contributed by atoms with Crippen LogP contribution in [0.5, 0.6) is 5.75 Å². The first kappa shape index (κ1) is 26.9. The Hall–Kier alpha value is -3.12. The van der Waals surface area contributed by atoms with Crippen LogP contribution < -0.4 is 10.1 Å². The minimum Gasteiger partial charge on any atom is -0.484 e. The summed E-state index contributed by atoms with van der Waals surface area (Å²) in [6, 6.07) is 25.1. The number of carbonyl (C=O) groups excluding carboxylic acids is 2. The van der Waals surface area contributed by atoms with Crippen LogP contribution in [-0.4, -0.2) is 35.4 Å². The van der Waals surface area contributed by atoms with Gasteiger partial charge in [0.2, 0.25) is 5.91 Å². The van der Waals surface area contributed by atoms with E-state index < -0.39 is 6.04 Å². The number of hydrogen-bond donors (Lipinski definition) is 1. The van der Waals surface area contributed by atoms with Crippen molar-refractivity contribution in [3.63, 3.8) is 0 Å². The van der Waals surface area contributed by atoms with E-state index in [4.69, 9.17) is 4.74 Å². The van der Waals surface area contributed by atoms with Gasteiger partial charge < -0.3 is 15.0 Å². The van der Waals surface area contributed by atoms with Crippen LogP contribution in [0, 0.1) is 0 Å². The highest BCUT2D eigenvalue weighted by Crippen LogP contribution is 2.21. The molecule has 6 heteroatoms. The van der Waals surface area contributed by atoms with Gasteiger partial charge in [-0.15, -0.1) is 0 Å². The predicted octanol–water partition coefficient (Wildman–Crippen LogP) is 6.09. The van der Waals surface area contributed by atoms with Gasteiger partial charge in [0.15, 0.2) is 6.61 Å². The SMILES string of the molecule is CCc1ccc(OCC(=O)N(Cc2ccc(Br)cc2)[C@@H](Cc2ccccc2)C(=O)NC2CCCC2)cc1. The number of hydrogen-bond acceptors (Lipinski definition) is 3. The normalized spacial score (nSPS) is 14.2. The zero-order chi connectivity index (χ0) is 26.0. The van der Waals surface area contributed by atoms with E-state index >= 15 is 0 Å². The Morgan fingerprint density at radius 3 is 2.22 bits per heavy atom. The van der Waals surface area contributed by atoms with E-state index in [1.54, 1.807) is 4.90 Å². The second-order valence-electron chi connectivity index (χ2n) is 9.63. The van der Waals surface area contributed by atoms with Gasteiger partial charge in [0.05, 0.1) is 0 Å². The van der Waals surface area contributed by atoms with E-state index in [-0.39, 0.29) is 24.5 Å². The molecule has 37 heavy (non-hydrogen) atoms. The Bertz CT molecular complexity index is 1140. The monoisotopic (exact) mass is 562 g/mol. The molecular formula is C31H35BrN2O3. The molecule has 3 aromatic carbocycles. The highest BCUT2D eigenvalue weighted by atomic mass is 79.9. The van der Waals surface area contributed by atoms with Crippen molar-refractivity contribution in [3.8, 4) is 5.75 Å². The van der Waals surface area contributed by atoms with E-state index in [2.05, 4.69) is 28.2 Å². The minimum atomic E-state index is -0.648. The average molecular weight is 564 g/mol. The summed E-state index contributed by atoms with van der Waals surface area (Å²) in [4.78, 5) is 29.1. The van der Waals surface area contributed by atoms with Crippen LogP contribution in [0.1, 0.15) is 49.3 Å². The van der Waals surface area contributed by atoms with Gasteiger partial charge in [-0.25, -0.2) is 0 Å². The van der Waals surface area contributed by atoms with E-state index in [0.29, 0.717) is 18.7 Å². The molecule has 1 N–H and O–H groups in total. The Morgan fingerprint density at radius 1 is 0.919 bits per heavy atom. The lowest BCUT2D eigenvalue weighted by molar-refractivity contribution is -0.143. The first-order valence-electron chi connectivity index (χ1n) is 13.1. The summed E-state index contributed by atoms with van der Waals surface area (Å²) >= 11 is 3.48. The summed E-state index contributed by atoms with van der Waals surface area (Å²) in [5, 5.41) is 3.23. The molecule has 2 amide bonds. The highest BCUT2D eigenvalue weighted by molar-refractivity contribution is 9.10. The Kier molecular flexibility index (Phi) is 9.78. The molecule has 0 aliphatic heterocycles. The summed E-state index contributed by atoms with van der Waals surface area (Å²) < 4.78 is 6.85. The largest absolute Gasteiger partial charge is 0.484 e. The van der Waals surface area contributed by atoms with E-state index in [1.807, 2.05) is 78.9 Å². The van der Waals surface area contributed by atoms with Crippen molar-refractivity contribution in [3.05, 3.63) is 100 Å². The van der Waals surface area contributed by atoms with Crippen molar-refractivity contribution in [1.29, 1.82) is 0 Å². The van der Waals surface area contributed by atoms with Crippen LogP contribution in [0.3, 0.4) is 0 Å². The Labute approximate surface area is 228 Å². The van der Waals surface area contributed by atoms with Crippen molar-refractivity contribution in [2.75, 3.05) is 6.61 Å². The topological polar surface area (TPSA) is 58.6 Å². The van der Waals surface area contributed by atoms with Gasteiger partial charge in [-0.05, 0) is 60.2 Å². The molecule has 0 aromatic heterocycles. The van der Waals surface area contributed by atoms with Crippen molar-refractivity contribution in [2.24, 2.45) is 0 Å². The summed E-state index contributed by atoms with van der Waals surface area (Å²) in [5.41, 5.74) is 3.18. The molecule has 5 nitrogen and oxygen atoms in total. The van der Waals surface area contributed by atoms with Gasteiger partial charge in [0.25, 0.3) is 5.91 Å². The number of nitrogens with one attached hydrogen (secondary N) is 1. The fourth-order valence-electron chi connectivity index (χ4n) is 4.76. The summed E-state index contributed by atoms with van der Waals surface area (Å²) in [6.45, 7) is 2.28. The van der Waals surface area contributed by atoms with Crippen molar-refractivity contribution in [2.45, 2.75) is 64.1 Å². The zero-order valence-corrected chi connectivity index (χ0v) is 23.0. The molecule has 3 aromatic rings. The van der Waals surface area contributed by atoms with Gasteiger partial charge in [-0.3, -0.25) is 9.59 Å². The molecule has 1 atom stereocenters. The molecular weight excluding hydrogens is 528 g/mol. The number of ether oxygens (including phenoxy) is 1. The molecule has 1 aliphatic rings. The van der Waals surface area contributed by atoms with Crippen LogP contribution in [0.15, 0.2) is 83.3 Å². The first-order valence-corrected chi connectivity index (χ1v) is 13.9. The number of nitrogens with zero attached hydrogens (tertiary/aromatic N) is 1. The molecule has 1 saturated carbocycles. The number of halogens is 1. The first-order chi connectivity index (χ1) is 18.0. The number of rotatable bonds is 11. The molecule has 0 saturated heterocycles. The molecule has 0 heterocycles. The Morgan fingerprint density at radius 2 is 1.57 bits per heavy atom. The maximum Gasteiger partial charge on any atom is 0.261 e. The molecule has 1 fully saturated rings. The molecule has 0 bridgehead atoms. The second kappa shape index (κ2) is 13.4. The summed E-state index contributed by atoms with van der Waals surface area (Å²) in [6.07, 6.45) is 5.61. The number of benzene rings is 3. The molecule has 194 valence electrons.